The molecule has 0 saturated carbocycles. The Labute approximate surface area is 164 Å². The van der Waals surface area contributed by atoms with Crippen LogP contribution in [0.25, 0.3) is 0 Å². The molecule has 0 spiro atoms. The Morgan fingerprint density at radius 2 is 1.96 bits per heavy atom. The van der Waals surface area contributed by atoms with Gasteiger partial charge in [-0.3, -0.25) is 4.79 Å². The minimum Gasteiger partial charge on any atom is -0.492 e. The summed E-state index contributed by atoms with van der Waals surface area (Å²) in [4.78, 5) is 13.3. The zero-order chi connectivity index (χ0) is 20.0. The summed E-state index contributed by atoms with van der Waals surface area (Å²) < 4.78 is 24.4. The quantitative estimate of drug-likeness (QED) is 0.814. The summed E-state index contributed by atoms with van der Waals surface area (Å²) in [6.07, 6.45) is 1.85. The van der Waals surface area contributed by atoms with Crippen molar-refractivity contribution in [3.8, 4) is 11.8 Å². The van der Waals surface area contributed by atoms with Gasteiger partial charge in [0.25, 0.3) is 0 Å². The molecule has 146 valence electrons. The Hall–Kier alpha value is -2.91. The van der Waals surface area contributed by atoms with Crippen molar-refractivity contribution in [2.24, 2.45) is 0 Å². The Balaban J connectivity index is 1.86. The zero-order valence-electron chi connectivity index (χ0n) is 15.8. The molecule has 0 aromatic heterocycles. The van der Waals surface area contributed by atoms with Gasteiger partial charge in [-0.25, -0.2) is 4.39 Å². The number of nitrogens with zero attached hydrogens (tertiary/aromatic N) is 1. The number of anilines is 1. The number of hydrogen-bond acceptors (Lipinski definition) is 4. The van der Waals surface area contributed by atoms with Gasteiger partial charge in [-0.2, -0.15) is 5.26 Å². The van der Waals surface area contributed by atoms with E-state index in [0.29, 0.717) is 49.7 Å². The maximum atomic E-state index is 13.4. The number of halogens is 1. The molecule has 1 heterocycles. The lowest BCUT2D eigenvalue weighted by Crippen LogP contribution is -2.44. The van der Waals surface area contributed by atoms with Gasteiger partial charge < -0.3 is 14.8 Å². The summed E-state index contributed by atoms with van der Waals surface area (Å²) >= 11 is 0. The molecule has 5 nitrogen and oxygen atoms in total. The fraction of sp³-hybridized carbons (Fsp3) is 0.364. The predicted octanol–water partition coefficient (Wildman–Crippen LogP) is 4.17. The maximum absolute atomic E-state index is 13.4. The Bertz CT molecular complexity index is 868. The van der Waals surface area contributed by atoms with E-state index in [2.05, 4.69) is 11.4 Å². The number of benzene rings is 2. The molecule has 1 amide bonds. The monoisotopic (exact) mass is 382 g/mol. The highest BCUT2D eigenvalue weighted by molar-refractivity contribution is 5.99. The van der Waals surface area contributed by atoms with Crippen molar-refractivity contribution in [2.75, 3.05) is 25.1 Å². The first kappa shape index (κ1) is 19.8. The van der Waals surface area contributed by atoms with Gasteiger partial charge in [-0.05, 0) is 55.2 Å². The Morgan fingerprint density at radius 3 is 2.61 bits per heavy atom. The van der Waals surface area contributed by atoms with Gasteiger partial charge in [-0.1, -0.05) is 19.1 Å². The van der Waals surface area contributed by atoms with Crippen LogP contribution in [0.3, 0.4) is 0 Å². The van der Waals surface area contributed by atoms with E-state index in [1.54, 1.807) is 30.3 Å². The highest BCUT2D eigenvalue weighted by Gasteiger charge is 2.41. The van der Waals surface area contributed by atoms with Crippen LogP contribution in [-0.2, 0) is 14.9 Å². The Kier molecular flexibility index (Phi) is 6.27. The summed E-state index contributed by atoms with van der Waals surface area (Å²) in [5.74, 6) is -0.0251. The molecule has 0 atom stereocenters. The van der Waals surface area contributed by atoms with E-state index in [4.69, 9.17) is 9.47 Å². The molecular formula is C22H23FN2O3. The average molecular weight is 382 g/mol. The van der Waals surface area contributed by atoms with Gasteiger partial charge in [0.2, 0.25) is 5.91 Å². The van der Waals surface area contributed by atoms with Gasteiger partial charge in [0.15, 0.2) is 0 Å². The molecule has 2 aromatic rings. The first-order valence-corrected chi connectivity index (χ1v) is 9.41. The minimum atomic E-state index is -0.795. The summed E-state index contributed by atoms with van der Waals surface area (Å²) in [5, 5.41) is 12.3. The van der Waals surface area contributed by atoms with Crippen molar-refractivity contribution in [3.05, 3.63) is 59.4 Å². The molecule has 1 aliphatic rings. The minimum absolute atomic E-state index is 0.187. The van der Waals surface area contributed by atoms with Gasteiger partial charge in [-0.15, -0.1) is 0 Å². The smallest absolute Gasteiger partial charge is 0.235 e. The van der Waals surface area contributed by atoms with Crippen LogP contribution >= 0.6 is 0 Å². The molecule has 0 aliphatic carbocycles. The van der Waals surface area contributed by atoms with Crippen LogP contribution in [0, 0.1) is 17.1 Å². The third-order valence-corrected chi connectivity index (χ3v) is 5.00. The molecule has 0 bridgehead atoms. The topological polar surface area (TPSA) is 71.3 Å². The molecule has 1 aliphatic heterocycles. The van der Waals surface area contributed by atoms with E-state index >= 15 is 0 Å². The Morgan fingerprint density at radius 1 is 1.25 bits per heavy atom. The molecule has 1 saturated heterocycles. The number of amides is 1. The summed E-state index contributed by atoms with van der Waals surface area (Å²) in [7, 11) is 0. The summed E-state index contributed by atoms with van der Waals surface area (Å²) in [6, 6.07) is 13.2. The van der Waals surface area contributed by atoms with Crippen LogP contribution in [0.2, 0.25) is 0 Å². The van der Waals surface area contributed by atoms with Crippen molar-refractivity contribution >= 4 is 11.6 Å². The van der Waals surface area contributed by atoms with Gasteiger partial charge in [0.05, 0.1) is 17.6 Å². The fourth-order valence-electron chi connectivity index (χ4n) is 3.42. The second-order valence-electron chi connectivity index (χ2n) is 6.83. The number of rotatable bonds is 6. The number of ether oxygens (including phenoxy) is 2. The molecule has 3 rings (SSSR count). The number of nitrogens with one attached hydrogen (secondary N) is 1. The predicted molar refractivity (Wildman–Crippen MR) is 104 cm³/mol. The van der Waals surface area contributed by atoms with Crippen molar-refractivity contribution < 1.29 is 18.7 Å². The molecule has 6 heteroatoms. The standard InChI is InChI=1S/C22H23FN2O3/c1-2-11-28-20-8-7-19(14-16(20)15-24)25-21(26)22(9-12-27-13-10-22)17-3-5-18(23)6-4-17/h3-8,14H,2,9-13H2,1H3,(H,25,26). The van der Waals surface area contributed by atoms with Crippen LogP contribution < -0.4 is 10.1 Å². The molecule has 1 fully saturated rings. The number of hydrogen-bond donors (Lipinski definition) is 1. The van der Waals surface area contributed by atoms with Gasteiger partial charge >= 0.3 is 0 Å². The van der Waals surface area contributed by atoms with Gasteiger partial charge in [0, 0.05) is 18.9 Å². The third kappa shape index (κ3) is 4.15. The number of nitriles is 1. The molecule has 0 radical (unpaired) electrons. The second-order valence-corrected chi connectivity index (χ2v) is 6.83. The maximum Gasteiger partial charge on any atom is 0.235 e. The van der Waals surface area contributed by atoms with Crippen LogP contribution in [0.15, 0.2) is 42.5 Å². The van der Waals surface area contributed by atoms with Crippen LogP contribution in [0.5, 0.6) is 5.75 Å². The van der Waals surface area contributed by atoms with E-state index in [-0.39, 0.29) is 11.7 Å². The van der Waals surface area contributed by atoms with E-state index in [0.717, 1.165) is 12.0 Å². The first-order chi connectivity index (χ1) is 13.6. The van der Waals surface area contributed by atoms with Crippen LogP contribution in [0.4, 0.5) is 10.1 Å². The lowest BCUT2D eigenvalue weighted by molar-refractivity contribution is -0.125. The molecule has 2 aromatic carbocycles. The molecule has 28 heavy (non-hydrogen) atoms. The van der Waals surface area contributed by atoms with Crippen molar-refractivity contribution in [2.45, 2.75) is 31.6 Å². The number of carbonyl (C=O) groups is 1. The normalized spacial score (nSPS) is 15.5. The highest BCUT2D eigenvalue weighted by Crippen LogP contribution is 2.36. The molecular weight excluding hydrogens is 359 g/mol. The first-order valence-electron chi connectivity index (χ1n) is 9.41. The molecule has 0 unspecified atom stereocenters. The lowest BCUT2D eigenvalue weighted by atomic mass is 9.73. The average Bonchev–Trinajstić information content (AvgIpc) is 2.73. The van der Waals surface area contributed by atoms with Crippen molar-refractivity contribution in [3.63, 3.8) is 0 Å². The van der Waals surface area contributed by atoms with Crippen molar-refractivity contribution in [1.82, 2.24) is 0 Å². The SMILES string of the molecule is CCCOc1ccc(NC(=O)C2(c3ccc(F)cc3)CCOCC2)cc1C#N. The van der Waals surface area contributed by atoms with Crippen molar-refractivity contribution in [1.29, 1.82) is 5.26 Å². The summed E-state index contributed by atoms with van der Waals surface area (Å²) in [6.45, 7) is 3.42. The zero-order valence-corrected chi connectivity index (χ0v) is 15.8. The second kappa shape index (κ2) is 8.85. The summed E-state index contributed by atoms with van der Waals surface area (Å²) in [5.41, 5.74) is 0.862. The lowest BCUT2D eigenvalue weighted by Gasteiger charge is -2.36. The van der Waals surface area contributed by atoms with E-state index in [9.17, 15) is 14.4 Å². The third-order valence-electron chi connectivity index (χ3n) is 5.00. The highest BCUT2D eigenvalue weighted by atomic mass is 19.1. The number of carbonyl (C=O) groups excluding carboxylic acids is 1. The molecule has 1 N–H and O–H groups in total. The largest absolute Gasteiger partial charge is 0.492 e. The van der Waals surface area contributed by atoms with E-state index < -0.39 is 5.41 Å². The van der Waals surface area contributed by atoms with Crippen LogP contribution in [-0.4, -0.2) is 25.7 Å². The van der Waals surface area contributed by atoms with E-state index in [1.165, 1.54) is 12.1 Å². The van der Waals surface area contributed by atoms with Crippen LogP contribution in [0.1, 0.15) is 37.3 Å². The van der Waals surface area contributed by atoms with E-state index in [1.807, 2.05) is 6.92 Å². The van der Waals surface area contributed by atoms with Gasteiger partial charge in [0.1, 0.15) is 17.6 Å². The fourth-order valence-corrected chi connectivity index (χ4v) is 3.42.